The lowest BCUT2D eigenvalue weighted by Gasteiger charge is -2.38. The molecule has 0 radical (unpaired) electrons. The first kappa shape index (κ1) is 20.5. The number of rotatable bonds is 8. The third-order valence-corrected chi connectivity index (χ3v) is 4.76. The average molecular weight is 363 g/mol. The molecule has 0 aliphatic carbocycles. The van der Waals surface area contributed by atoms with Gasteiger partial charge in [-0.25, -0.2) is 0 Å². The van der Waals surface area contributed by atoms with Gasteiger partial charge in [-0.3, -0.25) is 4.99 Å². The number of aryl methyl sites for hydroxylation is 1. The molecular weight excluding hydrogens is 328 g/mol. The molecule has 146 valence electrons. The minimum absolute atomic E-state index is 0.622. The van der Waals surface area contributed by atoms with Crippen LogP contribution in [-0.4, -0.2) is 77.1 Å². The van der Waals surface area contributed by atoms with E-state index in [2.05, 4.69) is 54.1 Å². The number of piperazine rings is 1. The van der Waals surface area contributed by atoms with E-state index in [1.165, 1.54) is 16.8 Å². The molecule has 0 aromatic heterocycles. The smallest absolute Gasteiger partial charge is 0.194 e. The Bertz CT molecular complexity index is 569. The SMILES string of the molecule is CCNC(=NCCOCCOC)N1CCN(c2cccc(C)c2C)CC1. The first-order valence-electron chi connectivity index (χ1n) is 9.58. The molecule has 1 fully saturated rings. The minimum Gasteiger partial charge on any atom is -0.382 e. The van der Waals surface area contributed by atoms with E-state index >= 15 is 0 Å². The summed E-state index contributed by atoms with van der Waals surface area (Å²) in [6.45, 7) is 13.9. The second-order valence-electron chi connectivity index (χ2n) is 6.53. The standard InChI is InChI=1S/C20H34N4O2/c1-5-21-20(22-9-14-26-16-15-25-4)24-12-10-23(11-13-24)19-8-6-7-17(2)18(19)3/h6-8H,5,9-16H2,1-4H3,(H,21,22). The normalized spacial score (nSPS) is 15.5. The van der Waals surface area contributed by atoms with E-state index in [-0.39, 0.29) is 0 Å². The molecule has 1 N–H and O–H groups in total. The minimum atomic E-state index is 0.622. The Morgan fingerprint density at radius 1 is 1.12 bits per heavy atom. The highest BCUT2D eigenvalue weighted by Gasteiger charge is 2.20. The largest absolute Gasteiger partial charge is 0.382 e. The second-order valence-corrected chi connectivity index (χ2v) is 6.53. The molecule has 26 heavy (non-hydrogen) atoms. The topological polar surface area (TPSA) is 49.3 Å². The fourth-order valence-corrected chi connectivity index (χ4v) is 3.12. The number of methoxy groups -OCH3 is 1. The number of hydrogen-bond donors (Lipinski definition) is 1. The Morgan fingerprint density at radius 2 is 1.88 bits per heavy atom. The van der Waals surface area contributed by atoms with Gasteiger partial charge in [0, 0.05) is 45.5 Å². The Balaban J connectivity index is 1.87. The zero-order chi connectivity index (χ0) is 18.8. The monoisotopic (exact) mass is 362 g/mol. The van der Waals surface area contributed by atoms with Crippen molar-refractivity contribution in [1.82, 2.24) is 10.2 Å². The van der Waals surface area contributed by atoms with Crippen LogP contribution in [0.5, 0.6) is 0 Å². The summed E-state index contributed by atoms with van der Waals surface area (Å²) in [6, 6.07) is 6.56. The summed E-state index contributed by atoms with van der Waals surface area (Å²) < 4.78 is 10.5. The van der Waals surface area contributed by atoms with Gasteiger partial charge in [0.2, 0.25) is 0 Å². The number of ether oxygens (including phenoxy) is 2. The number of nitrogens with zero attached hydrogens (tertiary/aromatic N) is 3. The average Bonchev–Trinajstić information content (AvgIpc) is 2.66. The van der Waals surface area contributed by atoms with Crippen molar-refractivity contribution in [3.8, 4) is 0 Å². The molecule has 1 saturated heterocycles. The molecule has 1 aliphatic heterocycles. The number of anilines is 1. The van der Waals surface area contributed by atoms with E-state index in [0.717, 1.165) is 38.7 Å². The van der Waals surface area contributed by atoms with Crippen molar-refractivity contribution >= 4 is 11.6 Å². The first-order valence-corrected chi connectivity index (χ1v) is 9.58. The molecule has 0 amide bonds. The number of aliphatic imine (C=N–C) groups is 1. The zero-order valence-electron chi connectivity index (χ0n) is 16.8. The molecule has 2 rings (SSSR count). The summed E-state index contributed by atoms with van der Waals surface area (Å²) in [4.78, 5) is 9.54. The Labute approximate surface area is 158 Å². The van der Waals surface area contributed by atoms with Crippen LogP contribution in [0.3, 0.4) is 0 Å². The number of nitrogens with one attached hydrogen (secondary N) is 1. The Morgan fingerprint density at radius 3 is 2.58 bits per heavy atom. The summed E-state index contributed by atoms with van der Waals surface area (Å²) in [6.07, 6.45) is 0. The van der Waals surface area contributed by atoms with Crippen LogP contribution < -0.4 is 10.2 Å². The van der Waals surface area contributed by atoms with Gasteiger partial charge in [-0.05, 0) is 38.0 Å². The van der Waals surface area contributed by atoms with E-state index < -0.39 is 0 Å². The van der Waals surface area contributed by atoms with Crippen molar-refractivity contribution in [2.24, 2.45) is 4.99 Å². The van der Waals surface area contributed by atoms with E-state index in [1.807, 2.05) is 0 Å². The maximum absolute atomic E-state index is 5.50. The van der Waals surface area contributed by atoms with Crippen LogP contribution in [-0.2, 0) is 9.47 Å². The van der Waals surface area contributed by atoms with Gasteiger partial charge in [-0.2, -0.15) is 0 Å². The lowest BCUT2D eigenvalue weighted by atomic mass is 10.1. The van der Waals surface area contributed by atoms with Gasteiger partial charge >= 0.3 is 0 Å². The van der Waals surface area contributed by atoms with Crippen LogP contribution in [0.1, 0.15) is 18.1 Å². The van der Waals surface area contributed by atoms with E-state index in [0.29, 0.717) is 26.4 Å². The quantitative estimate of drug-likeness (QED) is 0.436. The van der Waals surface area contributed by atoms with Crippen molar-refractivity contribution in [2.45, 2.75) is 20.8 Å². The van der Waals surface area contributed by atoms with Gasteiger partial charge in [0.05, 0.1) is 26.4 Å². The van der Waals surface area contributed by atoms with Crippen molar-refractivity contribution in [3.63, 3.8) is 0 Å². The Hall–Kier alpha value is -1.79. The van der Waals surface area contributed by atoms with Crippen LogP contribution in [0.25, 0.3) is 0 Å². The third kappa shape index (κ3) is 5.88. The molecule has 1 heterocycles. The maximum atomic E-state index is 5.50. The van der Waals surface area contributed by atoms with Crippen LogP contribution in [0.15, 0.2) is 23.2 Å². The second kappa shape index (κ2) is 11.0. The molecule has 0 saturated carbocycles. The number of benzene rings is 1. The van der Waals surface area contributed by atoms with Crippen LogP contribution in [0.4, 0.5) is 5.69 Å². The molecule has 0 bridgehead atoms. The molecule has 0 unspecified atom stereocenters. The van der Waals surface area contributed by atoms with Crippen molar-refractivity contribution in [1.29, 1.82) is 0 Å². The highest BCUT2D eigenvalue weighted by molar-refractivity contribution is 5.80. The summed E-state index contributed by atoms with van der Waals surface area (Å²) in [5.41, 5.74) is 4.10. The van der Waals surface area contributed by atoms with Gasteiger partial charge < -0.3 is 24.6 Å². The predicted molar refractivity (Wildman–Crippen MR) is 108 cm³/mol. The van der Waals surface area contributed by atoms with E-state index in [4.69, 9.17) is 14.5 Å². The fourth-order valence-electron chi connectivity index (χ4n) is 3.12. The molecule has 1 aromatic rings. The third-order valence-electron chi connectivity index (χ3n) is 4.76. The summed E-state index contributed by atoms with van der Waals surface area (Å²) in [5, 5.41) is 3.41. The molecule has 1 aromatic carbocycles. The number of hydrogen-bond acceptors (Lipinski definition) is 4. The predicted octanol–water partition coefficient (Wildman–Crippen LogP) is 2.05. The van der Waals surface area contributed by atoms with Crippen molar-refractivity contribution in [2.75, 3.05) is 71.1 Å². The molecule has 1 aliphatic rings. The zero-order valence-corrected chi connectivity index (χ0v) is 16.8. The fraction of sp³-hybridized carbons (Fsp3) is 0.650. The van der Waals surface area contributed by atoms with E-state index in [1.54, 1.807) is 7.11 Å². The first-order chi connectivity index (χ1) is 12.7. The summed E-state index contributed by atoms with van der Waals surface area (Å²) >= 11 is 0. The highest BCUT2D eigenvalue weighted by atomic mass is 16.5. The molecule has 6 nitrogen and oxygen atoms in total. The van der Waals surface area contributed by atoms with Crippen LogP contribution in [0, 0.1) is 13.8 Å². The highest BCUT2D eigenvalue weighted by Crippen LogP contribution is 2.23. The summed E-state index contributed by atoms with van der Waals surface area (Å²) in [5.74, 6) is 0.989. The molecule has 6 heteroatoms. The van der Waals surface area contributed by atoms with Gasteiger partial charge in [-0.15, -0.1) is 0 Å². The van der Waals surface area contributed by atoms with Crippen molar-refractivity contribution < 1.29 is 9.47 Å². The lowest BCUT2D eigenvalue weighted by Crippen LogP contribution is -2.52. The Kier molecular flexibility index (Phi) is 8.71. The van der Waals surface area contributed by atoms with Gasteiger partial charge in [-0.1, -0.05) is 12.1 Å². The van der Waals surface area contributed by atoms with Crippen molar-refractivity contribution in [3.05, 3.63) is 29.3 Å². The number of guanidine groups is 1. The van der Waals surface area contributed by atoms with Gasteiger partial charge in [0.25, 0.3) is 0 Å². The van der Waals surface area contributed by atoms with Crippen LogP contribution in [0.2, 0.25) is 0 Å². The molecular formula is C20H34N4O2. The van der Waals surface area contributed by atoms with Gasteiger partial charge in [0.1, 0.15) is 0 Å². The molecule has 0 spiro atoms. The lowest BCUT2D eigenvalue weighted by molar-refractivity contribution is 0.0747. The van der Waals surface area contributed by atoms with Crippen LogP contribution >= 0.6 is 0 Å². The van der Waals surface area contributed by atoms with Gasteiger partial charge in [0.15, 0.2) is 5.96 Å². The maximum Gasteiger partial charge on any atom is 0.194 e. The van der Waals surface area contributed by atoms with E-state index in [9.17, 15) is 0 Å². The molecule has 0 atom stereocenters. The summed E-state index contributed by atoms with van der Waals surface area (Å²) in [7, 11) is 1.68.